The van der Waals surface area contributed by atoms with E-state index in [2.05, 4.69) is 21.2 Å². The second-order valence-corrected chi connectivity index (χ2v) is 12.6. The Kier molecular flexibility index (Phi) is 10.3. The molecule has 0 aromatic heterocycles. The van der Waals surface area contributed by atoms with Crippen LogP contribution in [0, 0.1) is 0 Å². The topological polar surface area (TPSA) is 105 Å². The molecule has 218 valence electrons. The van der Waals surface area contributed by atoms with Crippen LogP contribution in [-0.4, -0.2) is 63.2 Å². The quantitative estimate of drug-likeness (QED) is 0.318. The van der Waals surface area contributed by atoms with Gasteiger partial charge in [-0.05, 0) is 49.2 Å². The van der Waals surface area contributed by atoms with E-state index in [0.717, 1.165) is 19.9 Å². The SMILES string of the molecule is CCNC(=O)C(Cc1ccccc1)N(Cc1cccc(Br)c1)C(=O)CN(c1ccc2c(c1)OCCO2)S(=O)(=O)CC. The van der Waals surface area contributed by atoms with Crippen LogP contribution >= 0.6 is 15.9 Å². The van der Waals surface area contributed by atoms with Gasteiger partial charge in [0.15, 0.2) is 11.5 Å². The van der Waals surface area contributed by atoms with Crippen molar-refractivity contribution >= 4 is 43.5 Å². The zero-order valence-corrected chi connectivity index (χ0v) is 25.5. The lowest BCUT2D eigenvalue weighted by molar-refractivity contribution is -0.140. The van der Waals surface area contributed by atoms with Gasteiger partial charge >= 0.3 is 0 Å². The monoisotopic (exact) mass is 643 g/mol. The minimum Gasteiger partial charge on any atom is -0.486 e. The van der Waals surface area contributed by atoms with Gasteiger partial charge in [-0.1, -0.05) is 58.4 Å². The fourth-order valence-corrected chi connectivity index (χ4v) is 6.09. The molecule has 41 heavy (non-hydrogen) atoms. The number of hydrogen-bond acceptors (Lipinski definition) is 6. The molecule has 1 aliphatic heterocycles. The van der Waals surface area contributed by atoms with Gasteiger partial charge in [0, 0.05) is 30.0 Å². The van der Waals surface area contributed by atoms with Crippen LogP contribution in [0.3, 0.4) is 0 Å². The number of likely N-dealkylation sites (N-methyl/N-ethyl adjacent to an activating group) is 1. The Bertz CT molecular complexity index is 1470. The lowest BCUT2D eigenvalue weighted by Crippen LogP contribution is -2.53. The number of carbonyl (C=O) groups is 2. The van der Waals surface area contributed by atoms with Crippen LogP contribution in [0.1, 0.15) is 25.0 Å². The Hall–Kier alpha value is -3.57. The lowest BCUT2D eigenvalue weighted by Gasteiger charge is -2.34. The van der Waals surface area contributed by atoms with Crippen molar-refractivity contribution < 1.29 is 27.5 Å². The highest BCUT2D eigenvalue weighted by Crippen LogP contribution is 2.35. The molecule has 1 unspecified atom stereocenters. The summed E-state index contributed by atoms with van der Waals surface area (Å²) in [6.45, 7) is 4.07. The first-order valence-electron chi connectivity index (χ1n) is 13.5. The highest BCUT2D eigenvalue weighted by atomic mass is 79.9. The third-order valence-electron chi connectivity index (χ3n) is 6.66. The molecule has 11 heteroatoms. The number of fused-ring (bicyclic) bond motifs is 1. The molecule has 1 atom stereocenters. The van der Waals surface area contributed by atoms with Crippen molar-refractivity contribution in [1.29, 1.82) is 0 Å². The van der Waals surface area contributed by atoms with Crippen molar-refractivity contribution in [3.63, 3.8) is 0 Å². The van der Waals surface area contributed by atoms with Gasteiger partial charge in [0.2, 0.25) is 21.8 Å². The molecule has 1 heterocycles. The number of ether oxygens (including phenoxy) is 2. The standard InChI is InChI=1S/C30H34BrN3O6S/c1-3-32-30(36)26(18-22-9-6-5-7-10-22)33(20-23-11-8-12-24(31)17-23)29(35)21-34(41(37,38)4-2)25-13-14-27-28(19-25)40-16-15-39-27/h5-14,17,19,26H,3-4,15-16,18,20-21H2,1-2H3,(H,32,36). The molecular formula is C30H34BrN3O6S. The summed E-state index contributed by atoms with van der Waals surface area (Å²) in [4.78, 5) is 29.1. The largest absolute Gasteiger partial charge is 0.486 e. The van der Waals surface area contributed by atoms with Gasteiger partial charge in [0.25, 0.3) is 0 Å². The molecule has 0 aliphatic carbocycles. The molecule has 0 fully saturated rings. The van der Waals surface area contributed by atoms with Gasteiger partial charge < -0.3 is 19.7 Å². The van der Waals surface area contributed by atoms with Gasteiger partial charge in [-0.25, -0.2) is 8.42 Å². The fraction of sp³-hybridized carbons (Fsp3) is 0.333. The molecule has 1 aliphatic rings. The van der Waals surface area contributed by atoms with Gasteiger partial charge in [0.1, 0.15) is 25.8 Å². The molecule has 9 nitrogen and oxygen atoms in total. The van der Waals surface area contributed by atoms with E-state index in [1.165, 1.54) is 11.8 Å². The molecule has 2 amide bonds. The molecule has 0 saturated heterocycles. The van der Waals surface area contributed by atoms with Crippen molar-refractivity contribution in [3.8, 4) is 11.5 Å². The molecule has 0 bridgehead atoms. The Morgan fingerprint density at radius 3 is 2.32 bits per heavy atom. The summed E-state index contributed by atoms with van der Waals surface area (Å²) in [5.41, 5.74) is 1.95. The van der Waals surface area contributed by atoms with Gasteiger partial charge in [-0.15, -0.1) is 0 Å². The number of rotatable bonds is 12. The van der Waals surface area contributed by atoms with E-state index >= 15 is 0 Å². The number of halogens is 1. The number of sulfonamides is 1. The second kappa shape index (κ2) is 13.9. The third kappa shape index (κ3) is 7.80. The maximum atomic E-state index is 14.2. The molecule has 0 radical (unpaired) electrons. The second-order valence-electron chi connectivity index (χ2n) is 9.49. The smallest absolute Gasteiger partial charge is 0.244 e. The first-order chi connectivity index (χ1) is 19.7. The summed E-state index contributed by atoms with van der Waals surface area (Å²) < 4.78 is 39.8. The molecular weight excluding hydrogens is 610 g/mol. The van der Waals surface area contributed by atoms with Gasteiger partial charge in [-0.3, -0.25) is 13.9 Å². The molecule has 0 spiro atoms. The first-order valence-corrected chi connectivity index (χ1v) is 15.9. The van der Waals surface area contributed by atoms with Crippen LogP contribution in [0.15, 0.2) is 77.3 Å². The summed E-state index contributed by atoms with van der Waals surface area (Å²) in [6.07, 6.45) is 0.261. The van der Waals surface area contributed by atoms with Crippen molar-refractivity contribution in [2.75, 3.05) is 36.4 Å². The van der Waals surface area contributed by atoms with E-state index in [-0.39, 0.29) is 30.3 Å². The summed E-state index contributed by atoms with van der Waals surface area (Å²) >= 11 is 3.48. The molecule has 0 saturated carbocycles. The lowest BCUT2D eigenvalue weighted by atomic mass is 10.0. The maximum absolute atomic E-state index is 14.2. The fourth-order valence-electron chi connectivity index (χ4n) is 4.58. The first kappa shape index (κ1) is 30.4. The van der Waals surface area contributed by atoms with Crippen molar-refractivity contribution in [1.82, 2.24) is 10.2 Å². The Balaban J connectivity index is 1.74. The van der Waals surface area contributed by atoms with E-state index in [0.29, 0.717) is 31.3 Å². The number of nitrogens with one attached hydrogen (secondary N) is 1. The maximum Gasteiger partial charge on any atom is 0.244 e. The molecule has 3 aromatic carbocycles. The zero-order valence-electron chi connectivity index (χ0n) is 23.1. The molecule has 1 N–H and O–H groups in total. The predicted molar refractivity (Wildman–Crippen MR) is 162 cm³/mol. The number of nitrogens with zero attached hydrogens (tertiary/aromatic N) is 2. The average molecular weight is 645 g/mol. The van der Waals surface area contributed by atoms with Crippen LogP contribution in [0.5, 0.6) is 11.5 Å². The van der Waals surface area contributed by atoms with Crippen LogP contribution in [0.25, 0.3) is 0 Å². The van der Waals surface area contributed by atoms with Crippen LogP contribution in [-0.2, 0) is 32.6 Å². The number of anilines is 1. The van der Waals surface area contributed by atoms with Crippen LogP contribution < -0.4 is 19.1 Å². The predicted octanol–water partition coefficient (Wildman–Crippen LogP) is 4.15. The number of carbonyl (C=O) groups excluding carboxylic acids is 2. The Morgan fingerprint density at radius 2 is 1.63 bits per heavy atom. The number of hydrogen-bond donors (Lipinski definition) is 1. The Labute approximate surface area is 249 Å². The highest BCUT2D eigenvalue weighted by Gasteiger charge is 2.34. The summed E-state index contributed by atoms with van der Waals surface area (Å²) in [7, 11) is -3.88. The molecule has 4 rings (SSSR count). The van der Waals surface area contributed by atoms with E-state index < -0.39 is 28.5 Å². The Morgan fingerprint density at radius 1 is 0.927 bits per heavy atom. The summed E-state index contributed by atoms with van der Waals surface area (Å²) in [5.74, 6) is -0.124. The summed E-state index contributed by atoms with van der Waals surface area (Å²) in [5, 5.41) is 2.85. The average Bonchev–Trinajstić information content (AvgIpc) is 2.98. The number of amides is 2. The third-order valence-corrected chi connectivity index (χ3v) is 8.89. The zero-order chi connectivity index (χ0) is 29.4. The van der Waals surface area contributed by atoms with Crippen molar-refractivity contribution in [2.45, 2.75) is 32.9 Å². The van der Waals surface area contributed by atoms with Crippen LogP contribution in [0.4, 0.5) is 5.69 Å². The van der Waals surface area contributed by atoms with E-state index in [1.807, 2.05) is 61.5 Å². The minimum atomic E-state index is -3.88. The van der Waals surface area contributed by atoms with Crippen LogP contribution in [0.2, 0.25) is 0 Å². The summed E-state index contributed by atoms with van der Waals surface area (Å²) in [6, 6.07) is 20.8. The van der Waals surface area contributed by atoms with Crippen molar-refractivity contribution in [2.24, 2.45) is 0 Å². The van der Waals surface area contributed by atoms with Crippen molar-refractivity contribution in [3.05, 3.63) is 88.4 Å². The van der Waals surface area contributed by atoms with E-state index in [9.17, 15) is 18.0 Å². The molecule has 3 aromatic rings. The normalized spacial score (nSPS) is 13.2. The van der Waals surface area contributed by atoms with E-state index in [4.69, 9.17) is 9.47 Å². The van der Waals surface area contributed by atoms with Gasteiger partial charge in [0.05, 0.1) is 11.4 Å². The van der Waals surface area contributed by atoms with Gasteiger partial charge in [-0.2, -0.15) is 0 Å². The number of benzene rings is 3. The van der Waals surface area contributed by atoms with E-state index in [1.54, 1.807) is 18.2 Å². The minimum absolute atomic E-state index is 0.105. The highest BCUT2D eigenvalue weighted by molar-refractivity contribution is 9.10.